The average Bonchev–Trinajstić information content (AvgIpc) is 3.06. The molecule has 3 nitrogen and oxygen atoms in total. The molecule has 1 heterocycles. The second-order valence-corrected chi connectivity index (χ2v) is 6.37. The molecular weight excluding hydrogens is 258 g/mol. The summed E-state index contributed by atoms with van der Waals surface area (Å²) in [7, 11) is 0. The summed E-state index contributed by atoms with van der Waals surface area (Å²) < 4.78 is 0. The van der Waals surface area contributed by atoms with Crippen LogP contribution in [0.3, 0.4) is 0 Å². The highest BCUT2D eigenvalue weighted by atomic mass is 32.1. The van der Waals surface area contributed by atoms with Crippen molar-refractivity contribution in [1.29, 1.82) is 0 Å². The molecule has 4 atom stereocenters. The molecule has 4 rings (SSSR count). The zero-order chi connectivity index (χ0) is 13.1. The van der Waals surface area contributed by atoms with Crippen LogP contribution < -0.4 is 4.90 Å². The van der Waals surface area contributed by atoms with E-state index in [0.29, 0.717) is 22.4 Å². The number of fused-ring (bicyclic) bond motifs is 5. The molecule has 0 aromatic heterocycles. The first kappa shape index (κ1) is 11.5. The van der Waals surface area contributed by atoms with Crippen LogP contribution in [0.2, 0.25) is 0 Å². The summed E-state index contributed by atoms with van der Waals surface area (Å²) >= 11 is 4.38. The van der Waals surface area contributed by atoms with Gasteiger partial charge in [0.15, 0.2) is 0 Å². The van der Waals surface area contributed by atoms with Gasteiger partial charge in [0.1, 0.15) is 0 Å². The van der Waals surface area contributed by atoms with Crippen LogP contribution in [-0.4, -0.2) is 11.8 Å². The molecule has 2 aliphatic carbocycles. The first-order valence-electron chi connectivity index (χ1n) is 6.84. The number of nitrogens with zero attached hydrogens (tertiary/aromatic N) is 1. The minimum Gasteiger partial charge on any atom is -0.274 e. The van der Waals surface area contributed by atoms with Crippen LogP contribution in [0.25, 0.3) is 0 Å². The molecule has 2 bridgehead atoms. The molecule has 1 aliphatic heterocycles. The normalized spacial score (nSPS) is 36.2. The zero-order valence-corrected chi connectivity index (χ0v) is 11.3. The van der Waals surface area contributed by atoms with Crippen LogP contribution in [0.5, 0.6) is 0 Å². The minimum absolute atomic E-state index is 0.00343. The molecule has 2 saturated carbocycles. The van der Waals surface area contributed by atoms with Gasteiger partial charge in [-0.2, -0.15) is 0 Å². The fourth-order valence-corrected chi connectivity index (χ4v) is 4.56. The Morgan fingerprint density at radius 2 is 1.58 bits per heavy atom. The van der Waals surface area contributed by atoms with Crippen LogP contribution in [0.15, 0.2) is 29.2 Å². The molecule has 0 radical (unpaired) electrons. The molecule has 3 fully saturated rings. The van der Waals surface area contributed by atoms with Crippen molar-refractivity contribution < 1.29 is 9.59 Å². The number of carbonyl (C=O) groups is 2. The molecular formula is C15H15NO2S. The Kier molecular flexibility index (Phi) is 2.34. The van der Waals surface area contributed by atoms with Crippen molar-refractivity contribution in [1.82, 2.24) is 0 Å². The summed E-state index contributed by atoms with van der Waals surface area (Å²) in [6.07, 6.45) is 3.30. The van der Waals surface area contributed by atoms with E-state index in [1.54, 1.807) is 6.07 Å². The van der Waals surface area contributed by atoms with Crippen molar-refractivity contribution in [3.8, 4) is 0 Å². The van der Waals surface area contributed by atoms with Gasteiger partial charge in [-0.05, 0) is 43.2 Å². The van der Waals surface area contributed by atoms with Gasteiger partial charge in [0.25, 0.3) is 0 Å². The molecule has 19 heavy (non-hydrogen) atoms. The number of thiol groups is 1. The van der Waals surface area contributed by atoms with E-state index in [1.165, 1.54) is 4.90 Å². The number of benzene rings is 1. The van der Waals surface area contributed by atoms with Crippen LogP contribution >= 0.6 is 12.6 Å². The van der Waals surface area contributed by atoms with Gasteiger partial charge in [-0.1, -0.05) is 12.1 Å². The van der Waals surface area contributed by atoms with Gasteiger partial charge in [0, 0.05) is 4.90 Å². The molecule has 98 valence electrons. The molecule has 3 aliphatic rings. The Morgan fingerprint density at radius 3 is 2.16 bits per heavy atom. The Labute approximate surface area is 117 Å². The molecule has 1 aromatic carbocycles. The summed E-state index contributed by atoms with van der Waals surface area (Å²) in [6.45, 7) is 0. The number of rotatable bonds is 1. The first-order valence-corrected chi connectivity index (χ1v) is 7.29. The second kappa shape index (κ2) is 3.85. The third-order valence-corrected chi connectivity index (χ3v) is 5.43. The van der Waals surface area contributed by atoms with Crippen molar-refractivity contribution in [3.63, 3.8) is 0 Å². The summed E-state index contributed by atoms with van der Waals surface area (Å²) in [5.41, 5.74) is 0.648. The number of amides is 2. The topological polar surface area (TPSA) is 37.4 Å². The van der Waals surface area contributed by atoms with Gasteiger partial charge in [-0.15, -0.1) is 12.6 Å². The van der Waals surface area contributed by atoms with E-state index in [2.05, 4.69) is 12.6 Å². The summed E-state index contributed by atoms with van der Waals surface area (Å²) in [5.74, 6) is 0.762. The molecule has 0 unspecified atom stereocenters. The zero-order valence-electron chi connectivity index (χ0n) is 10.5. The standard InChI is InChI=1S/C15H15NO2S/c17-14-12-8-5-6-9(7-8)13(12)15(18)16(14)10-3-1-2-4-11(10)19/h1-4,8-9,12-13,19H,5-7H2/t8-,9-,12+,13+/m0/s1. The molecule has 0 N–H and O–H groups in total. The van der Waals surface area contributed by atoms with E-state index in [0.717, 1.165) is 19.3 Å². The fourth-order valence-electron chi connectivity index (χ4n) is 4.30. The maximum Gasteiger partial charge on any atom is 0.238 e. The maximum absolute atomic E-state index is 12.6. The SMILES string of the molecule is O=C1[C@@H]2[C@H]3CC[C@@H](C3)[C@H]2C(=O)N1c1ccccc1S. The number of hydrogen-bond donors (Lipinski definition) is 1. The quantitative estimate of drug-likeness (QED) is 0.630. The predicted molar refractivity (Wildman–Crippen MR) is 74.0 cm³/mol. The van der Waals surface area contributed by atoms with Gasteiger partial charge in [0.05, 0.1) is 17.5 Å². The van der Waals surface area contributed by atoms with Gasteiger partial charge in [0.2, 0.25) is 11.8 Å². The van der Waals surface area contributed by atoms with E-state index in [4.69, 9.17) is 0 Å². The number of para-hydroxylation sites is 1. The Balaban J connectivity index is 1.78. The van der Waals surface area contributed by atoms with E-state index in [1.807, 2.05) is 18.2 Å². The van der Waals surface area contributed by atoms with Crippen LogP contribution in [-0.2, 0) is 9.59 Å². The highest BCUT2D eigenvalue weighted by Gasteiger charge is 2.61. The number of anilines is 1. The first-order chi connectivity index (χ1) is 9.18. The van der Waals surface area contributed by atoms with E-state index in [-0.39, 0.29) is 23.7 Å². The highest BCUT2D eigenvalue weighted by molar-refractivity contribution is 7.80. The third-order valence-electron chi connectivity index (χ3n) is 5.05. The Bertz CT molecular complexity index is 557. The van der Waals surface area contributed by atoms with Crippen molar-refractivity contribution in [2.24, 2.45) is 23.7 Å². The second-order valence-electron chi connectivity index (χ2n) is 5.89. The largest absolute Gasteiger partial charge is 0.274 e. The highest BCUT2D eigenvalue weighted by Crippen LogP contribution is 2.56. The van der Waals surface area contributed by atoms with Crippen molar-refractivity contribution in [2.45, 2.75) is 24.2 Å². The average molecular weight is 273 g/mol. The summed E-state index contributed by atoms with van der Waals surface area (Å²) in [5, 5.41) is 0. The van der Waals surface area contributed by atoms with E-state index < -0.39 is 0 Å². The molecule has 4 heteroatoms. The third kappa shape index (κ3) is 1.41. The van der Waals surface area contributed by atoms with Gasteiger partial charge in [-0.25, -0.2) is 4.90 Å². The van der Waals surface area contributed by atoms with Crippen LogP contribution in [0.1, 0.15) is 19.3 Å². The van der Waals surface area contributed by atoms with Crippen molar-refractivity contribution in [2.75, 3.05) is 4.90 Å². The number of hydrogen-bond acceptors (Lipinski definition) is 3. The minimum atomic E-state index is -0.0563. The lowest BCUT2D eigenvalue weighted by molar-refractivity contribution is -0.123. The maximum atomic E-state index is 12.6. The van der Waals surface area contributed by atoms with Gasteiger partial charge < -0.3 is 0 Å². The number of carbonyl (C=O) groups excluding carboxylic acids is 2. The summed E-state index contributed by atoms with van der Waals surface area (Å²) in [6, 6.07) is 7.34. The monoisotopic (exact) mass is 273 g/mol. The lowest BCUT2D eigenvalue weighted by Gasteiger charge is -2.19. The Morgan fingerprint density at radius 1 is 1.00 bits per heavy atom. The Hall–Kier alpha value is -1.29. The van der Waals surface area contributed by atoms with Crippen molar-refractivity contribution >= 4 is 30.1 Å². The fraction of sp³-hybridized carbons (Fsp3) is 0.467. The van der Waals surface area contributed by atoms with E-state index in [9.17, 15) is 9.59 Å². The van der Waals surface area contributed by atoms with Crippen LogP contribution in [0, 0.1) is 23.7 Å². The molecule has 1 aromatic rings. The van der Waals surface area contributed by atoms with Gasteiger partial charge >= 0.3 is 0 Å². The molecule has 0 spiro atoms. The molecule has 2 amide bonds. The van der Waals surface area contributed by atoms with Crippen molar-refractivity contribution in [3.05, 3.63) is 24.3 Å². The smallest absolute Gasteiger partial charge is 0.238 e. The van der Waals surface area contributed by atoms with Gasteiger partial charge in [-0.3, -0.25) is 9.59 Å². The van der Waals surface area contributed by atoms with E-state index >= 15 is 0 Å². The number of imide groups is 1. The predicted octanol–water partition coefficient (Wildman–Crippen LogP) is 2.51. The van der Waals surface area contributed by atoms with Crippen LogP contribution in [0.4, 0.5) is 5.69 Å². The lowest BCUT2D eigenvalue weighted by atomic mass is 9.81. The summed E-state index contributed by atoms with van der Waals surface area (Å²) in [4.78, 5) is 27.3. The molecule has 1 saturated heterocycles. The lowest BCUT2D eigenvalue weighted by Crippen LogP contribution is -2.33.